The summed E-state index contributed by atoms with van der Waals surface area (Å²) in [5.41, 5.74) is 0.793. The third-order valence-corrected chi connectivity index (χ3v) is 5.27. The van der Waals surface area contributed by atoms with Crippen molar-refractivity contribution in [2.45, 2.75) is 57.0 Å². The van der Waals surface area contributed by atoms with Gasteiger partial charge in [-0.25, -0.2) is 0 Å². The molecule has 1 unspecified atom stereocenters. The molecule has 0 spiro atoms. The van der Waals surface area contributed by atoms with E-state index in [2.05, 4.69) is 5.32 Å². The summed E-state index contributed by atoms with van der Waals surface area (Å²) in [6, 6.07) is 7.32. The molecule has 1 N–H and O–H groups in total. The Morgan fingerprint density at radius 3 is 2.65 bits per heavy atom. The Bertz CT molecular complexity index is 584. The molecule has 1 saturated heterocycles. The fraction of sp³-hybridized carbons (Fsp3) is 0.556. The molecule has 4 nitrogen and oxygen atoms in total. The van der Waals surface area contributed by atoms with Crippen LogP contribution in [-0.4, -0.2) is 35.3 Å². The van der Waals surface area contributed by atoms with Gasteiger partial charge in [-0.05, 0) is 30.9 Å². The zero-order valence-electron chi connectivity index (χ0n) is 13.3. The summed E-state index contributed by atoms with van der Waals surface area (Å²) in [5, 5.41) is 3.47. The molecule has 3 rings (SSSR count). The molecule has 0 bridgehead atoms. The monoisotopic (exact) mass is 334 g/mol. The lowest BCUT2D eigenvalue weighted by atomic mass is 9.94. The SMILES string of the molecule is O=C(Cc1ccccc1Cl)NC1CCN(C2CCCCC2)C1=O. The largest absolute Gasteiger partial charge is 0.344 e. The van der Waals surface area contributed by atoms with Crippen molar-refractivity contribution in [3.8, 4) is 0 Å². The number of likely N-dealkylation sites (tertiary alicyclic amines) is 1. The van der Waals surface area contributed by atoms with Crippen molar-refractivity contribution < 1.29 is 9.59 Å². The van der Waals surface area contributed by atoms with E-state index >= 15 is 0 Å². The van der Waals surface area contributed by atoms with Crippen LogP contribution in [0.15, 0.2) is 24.3 Å². The molecule has 2 amide bonds. The van der Waals surface area contributed by atoms with Gasteiger partial charge in [0.05, 0.1) is 6.42 Å². The third kappa shape index (κ3) is 3.86. The maximum Gasteiger partial charge on any atom is 0.245 e. The standard InChI is InChI=1S/C18H23ClN2O2/c19-15-9-5-4-6-13(15)12-17(22)20-16-10-11-21(18(16)23)14-7-2-1-3-8-14/h4-6,9,14,16H,1-3,7-8,10-12H2,(H,20,22). The molecular weight excluding hydrogens is 312 g/mol. The number of carbonyl (C=O) groups is 2. The van der Waals surface area contributed by atoms with Crippen molar-refractivity contribution in [2.75, 3.05) is 6.54 Å². The normalized spacial score (nSPS) is 22.4. The Hall–Kier alpha value is -1.55. The van der Waals surface area contributed by atoms with E-state index in [1.807, 2.05) is 23.1 Å². The van der Waals surface area contributed by atoms with Gasteiger partial charge in [0.1, 0.15) is 6.04 Å². The van der Waals surface area contributed by atoms with Crippen molar-refractivity contribution in [3.63, 3.8) is 0 Å². The van der Waals surface area contributed by atoms with Crippen molar-refractivity contribution in [1.29, 1.82) is 0 Å². The molecule has 1 aromatic carbocycles. The number of nitrogens with one attached hydrogen (secondary N) is 1. The lowest BCUT2D eigenvalue weighted by Crippen LogP contribution is -2.45. The lowest BCUT2D eigenvalue weighted by molar-refractivity contribution is -0.134. The number of hydrogen-bond acceptors (Lipinski definition) is 2. The van der Waals surface area contributed by atoms with Crippen LogP contribution in [0.1, 0.15) is 44.1 Å². The number of halogens is 1. The second kappa shape index (κ2) is 7.35. The Kier molecular flexibility index (Phi) is 5.21. The van der Waals surface area contributed by atoms with Gasteiger partial charge in [0.15, 0.2) is 0 Å². The van der Waals surface area contributed by atoms with Crippen LogP contribution in [0.25, 0.3) is 0 Å². The first-order valence-corrected chi connectivity index (χ1v) is 8.86. The van der Waals surface area contributed by atoms with Crippen LogP contribution in [0.4, 0.5) is 0 Å². The summed E-state index contributed by atoms with van der Waals surface area (Å²) < 4.78 is 0. The van der Waals surface area contributed by atoms with Crippen molar-refractivity contribution in [2.24, 2.45) is 0 Å². The Labute approximate surface area is 142 Å². The van der Waals surface area contributed by atoms with E-state index in [0.29, 0.717) is 17.5 Å². The molecule has 23 heavy (non-hydrogen) atoms. The number of benzene rings is 1. The van der Waals surface area contributed by atoms with Crippen LogP contribution in [0, 0.1) is 0 Å². The lowest BCUT2D eigenvalue weighted by Gasteiger charge is -2.31. The minimum Gasteiger partial charge on any atom is -0.344 e. The van der Waals surface area contributed by atoms with E-state index in [4.69, 9.17) is 11.6 Å². The van der Waals surface area contributed by atoms with Gasteiger partial charge in [0.25, 0.3) is 0 Å². The van der Waals surface area contributed by atoms with Crippen LogP contribution < -0.4 is 5.32 Å². The summed E-state index contributed by atoms with van der Waals surface area (Å²) in [4.78, 5) is 26.7. The van der Waals surface area contributed by atoms with Gasteiger partial charge in [0.2, 0.25) is 11.8 Å². The summed E-state index contributed by atoms with van der Waals surface area (Å²) in [5.74, 6) is -0.0497. The number of carbonyl (C=O) groups excluding carboxylic acids is 2. The molecule has 124 valence electrons. The van der Waals surface area contributed by atoms with Gasteiger partial charge in [-0.2, -0.15) is 0 Å². The predicted octanol–water partition coefficient (Wildman–Crippen LogP) is 2.93. The Morgan fingerprint density at radius 1 is 1.17 bits per heavy atom. The number of amides is 2. The smallest absolute Gasteiger partial charge is 0.245 e. The van der Waals surface area contributed by atoms with Crippen LogP contribution in [0.3, 0.4) is 0 Å². The van der Waals surface area contributed by atoms with Crippen molar-refractivity contribution >= 4 is 23.4 Å². The average Bonchev–Trinajstić information content (AvgIpc) is 2.91. The van der Waals surface area contributed by atoms with E-state index in [-0.39, 0.29) is 24.3 Å². The zero-order valence-corrected chi connectivity index (χ0v) is 14.0. The minimum absolute atomic E-state index is 0.0874. The van der Waals surface area contributed by atoms with Gasteiger partial charge in [-0.1, -0.05) is 49.1 Å². The van der Waals surface area contributed by atoms with Gasteiger partial charge < -0.3 is 10.2 Å². The highest BCUT2D eigenvalue weighted by molar-refractivity contribution is 6.31. The average molecular weight is 335 g/mol. The quantitative estimate of drug-likeness (QED) is 0.920. The van der Waals surface area contributed by atoms with Gasteiger partial charge in [-0.3, -0.25) is 9.59 Å². The molecular formula is C18H23ClN2O2. The van der Waals surface area contributed by atoms with E-state index in [0.717, 1.165) is 24.9 Å². The predicted molar refractivity (Wildman–Crippen MR) is 90.3 cm³/mol. The van der Waals surface area contributed by atoms with Crippen LogP contribution >= 0.6 is 11.6 Å². The van der Waals surface area contributed by atoms with Gasteiger partial charge in [-0.15, -0.1) is 0 Å². The number of hydrogen-bond donors (Lipinski definition) is 1. The maximum absolute atomic E-state index is 12.5. The first-order chi connectivity index (χ1) is 11.1. The van der Waals surface area contributed by atoms with Crippen LogP contribution in [0.2, 0.25) is 5.02 Å². The fourth-order valence-electron chi connectivity index (χ4n) is 3.65. The molecule has 1 aromatic rings. The fourth-order valence-corrected chi connectivity index (χ4v) is 3.85. The molecule has 2 fully saturated rings. The molecule has 1 aliphatic carbocycles. The molecule has 0 aromatic heterocycles. The second-order valence-electron chi connectivity index (χ2n) is 6.50. The highest BCUT2D eigenvalue weighted by Gasteiger charge is 2.36. The summed E-state index contributed by atoms with van der Waals surface area (Å²) in [6.45, 7) is 0.764. The first kappa shape index (κ1) is 16.3. The van der Waals surface area contributed by atoms with E-state index in [1.165, 1.54) is 19.3 Å². The summed E-state index contributed by atoms with van der Waals surface area (Å²) in [7, 11) is 0. The summed E-state index contributed by atoms with van der Waals surface area (Å²) in [6.07, 6.45) is 6.82. The number of rotatable bonds is 4. The van der Waals surface area contributed by atoms with Crippen molar-refractivity contribution in [3.05, 3.63) is 34.9 Å². The third-order valence-electron chi connectivity index (χ3n) is 4.90. The zero-order chi connectivity index (χ0) is 16.2. The molecule has 1 saturated carbocycles. The van der Waals surface area contributed by atoms with Crippen LogP contribution in [-0.2, 0) is 16.0 Å². The molecule has 5 heteroatoms. The molecule has 2 aliphatic rings. The Morgan fingerprint density at radius 2 is 1.91 bits per heavy atom. The minimum atomic E-state index is -0.369. The molecule has 0 radical (unpaired) electrons. The van der Waals surface area contributed by atoms with E-state index in [1.54, 1.807) is 6.07 Å². The topological polar surface area (TPSA) is 49.4 Å². The molecule has 1 atom stereocenters. The highest BCUT2D eigenvalue weighted by Crippen LogP contribution is 2.26. The first-order valence-electron chi connectivity index (χ1n) is 8.48. The highest BCUT2D eigenvalue weighted by atomic mass is 35.5. The maximum atomic E-state index is 12.5. The second-order valence-corrected chi connectivity index (χ2v) is 6.91. The van der Waals surface area contributed by atoms with Gasteiger partial charge >= 0.3 is 0 Å². The molecule has 1 heterocycles. The number of nitrogens with zero attached hydrogens (tertiary/aromatic N) is 1. The molecule has 1 aliphatic heterocycles. The van der Waals surface area contributed by atoms with Gasteiger partial charge in [0, 0.05) is 17.6 Å². The van der Waals surface area contributed by atoms with E-state index < -0.39 is 0 Å². The van der Waals surface area contributed by atoms with Crippen LogP contribution in [0.5, 0.6) is 0 Å². The Balaban J connectivity index is 1.55. The van der Waals surface area contributed by atoms with E-state index in [9.17, 15) is 9.59 Å². The summed E-state index contributed by atoms with van der Waals surface area (Å²) >= 11 is 6.08. The van der Waals surface area contributed by atoms with Crippen molar-refractivity contribution in [1.82, 2.24) is 10.2 Å².